The first-order valence-electron chi connectivity index (χ1n) is 8.10. The zero-order valence-electron chi connectivity index (χ0n) is 14.6. The van der Waals surface area contributed by atoms with Crippen LogP contribution in [0.2, 0.25) is 0 Å². The molecule has 0 fully saturated rings. The highest BCUT2D eigenvalue weighted by molar-refractivity contribution is 7.89. The fourth-order valence-electron chi connectivity index (χ4n) is 2.09. The van der Waals surface area contributed by atoms with Gasteiger partial charge in [-0.1, -0.05) is 60.0 Å². The van der Waals surface area contributed by atoms with Gasteiger partial charge < -0.3 is 4.74 Å². The van der Waals surface area contributed by atoms with Crippen LogP contribution in [0.15, 0.2) is 76.5 Å². The topological polar surface area (TPSA) is 26.3 Å². The second kappa shape index (κ2) is 10.5. The van der Waals surface area contributed by atoms with Gasteiger partial charge in [-0.15, -0.1) is 5.92 Å². The molecule has 0 aliphatic heterocycles. The maximum Gasteiger partial charge on any atom is 0.108 e. The summed E-state index contributed by atoms with van der Waals surface area (Å²) in [6, 6.07) is 17.7. The van der Waals surface area contributed by atoms with Gasteiger partial charge >= 0.3 is 0 Å². The molecule has 0 amide bonds. The lowest BCUT2D eigenvalue weighted by Crippen LogP contribution is -1.96. The Balaban J connectivity index is 2.20. The van der Waals surface area contributed by atoms with Crippen LogP contribution in [0.1, 0.15) is 18.1 Å². The van der Waals surface area contributed by atoms with Crippen LogP contribution in [0.4, 0.5) is 0 Å². The average Bonchev–Trinajstić information content (AvgIpc) is 2.64. The third-order valence-electron chi connectivity index (χ3n) is 3.40. The minimum Gasteiger partial charge on any atom is -0.365 e. The smallest absolute Gasteiger partial charge is 0.108 e. The van der Waals surface area contributed by atoms with Crippen molar-refractivity contribution in [1.29, 1.82) is 0 Å². The average molecular weight is 350 g/mol. The van der Waals surface area contributed by atoms with Crippen LogP contribution in [0.25, 0.3) is 6.08 Å². The quantitative estimate of drug-likeness (QED) is 0.410. The second-order valence-corrected chi connectivity index (χ2v) is 6.86. The van der Waals surface area contributed by atoms with Gasteiger partial charge in [0.05, 0.1) is 17.4 Å². The lowest BCUT2D eigenvalue weighted by Gasteiger charge is -2.05. The third-order valence-corrected chi connectivity index (χ3v) is 4.79. The van der Waals surface area contributed by atoms with Gasteiger partial charge in [-0.05, 0) is 43.7 Å². The van der Waals surface area contributed by atoms with E-state index in [2.05, 4.69) is 11.8 Å². The Bertz CT molecular complexity index is 807. The first-order valence-corrected chi connectivity index (χ1v) is 9.25. The van der Waals surface area contributed by atoms with E-state index in [-0.39, 0.29) is 0 Å². The monoisotopic (exact) mass is 350 g/mol. The van der Waals surface area contributed by atoms with E-state index in [9.17, 15) is 4.21 Å². The number of aryl methyl sites for hydroxylation is 1. The summed E-state index contributed by atoms with van der Waals surface area (Å²) in [4.78, 5) is 1.52. The molecule has 0 saturated carbocycles. The summed E-state index contributed by atoms with van der Waals surface area (Å²) in [6.45, 7) is 4.64. The molecule has 128 valence electrons. The van der Waals surface area contributed by atoms with E-state index in [0.717, 1.165) is 20.9 Å². The second-order valence-electron chi connectivity index (χ2n) is 5.38. The predicted molar refractivity (Wildman–Crippen MR) is 105 cm³/mol. The van der Waals surface area contributed by atoms with Gasteiger partial charge in [-0.2, -0.15) is 0 Å². The van der Waals surface area contributed by atoms with Crippen molar-refractivity contribution in [2.75, 3.05) is 13.2 Å². The molecule has 25 heavy (non-hydrogen) atoms. The third kappa shape index (κ3) is 6.54. The maximum atomic E-state index is 13.0. The fourth-order valence-corrected chi connectivity index (χ4v) is 3.21. The summed E-state index contributed by atoms with van der Waals surface area (Å²) in [5, 5.41) is 0. The number of rotatable bonds is 7. The van der Waals surface area contributed by atoms with Crippen molar-refractivity contribution >= 4 is 16.9 Å². The lowest BCUT2D eigenvalue weighted by molar-refractivity contribution is 0.199. The molecule has 1 unspecified atom stereocenters. The minimum atomic E-state index is -1.25. The fraction of sp³-hybridized carbons (Fsp3) is 0.182. The standard InChI is InChI=1S/C22H22O2S/c1-3-4-16-24-17-8-11-22(18-20-9-6-5-7-10-20)25(23)21-14-12-19(2)13-15-21/h5-15,18H,16-17H2,1-2H3/b11-8+,22-18-. The molecule has 2 nitrogen and oxygen atoms in total. The molecule has 0 heterocycles. The number of hydrogen-bond acceptors (Lipinski definition) is 2. The number of ether oxygens (including phenoxy) is 1. The summed E-state index contributed by atoms with van der Waals surface area (Å²) in [7, 11) is -1.25. The van der Waals surface area contributed by atoms with Crippen LogP contribution in [0.3, 0.4) is 0 Å². The molecule has 0 bridgehead atoms. The van der Waals surface area contributed by atoms with Crippen molar-refractivity contribution in [3.8, 4) is 11.8 Å². The van der Waals surface area contributed by atoms with E-state index in [1.807, 2.05) is 79.7 Å². The molecule has 2 rings (SSSR count). The largest absolute Gasteiger partial charge is 0.365 e. The summed E-state index contributed by atoms with van der Waals surface area (Å²) < 4.78 is 18.3. The van der Waals surface area contributed by atoms with Crippen molar-refractivity contribution in [1.82, 2.24) is 0 Å². The molecule has 3 heteroatoms. The Kier molecular flexibility index (Phi) is 7.91. The lowest BCUT2D eigenvalue weighted by atomic mass is 10.2. The van der Waals surface area contributed by atoms with E-state index in [1.54, 1.807) is 6.92 Å². The Morgan fingerprint density at radius 3 is 2.52 bits per heavy atom. The summed E-state index contributed by atoms with van der Waals surface area (Å²) in [5.41, 5.74) is 2.16. The molecular weight excluding hydrogens is 328 g/mol. The Morgan fingerprint density at radius 2 is 1.84 bits per heavy atom. The molecule has 0 aromatic heterocycles. The molecule has 2 aromatic rings. The molecule has 0 aliphatic carbocycles. The van der Waals surface area contributed by atoms with E-state index >= 15 is 0 Å². The van der Waals surface area contributed by atoms with Crippen molar-refractivity contribution in [3.63, 3.8) is 0 Å². The highest BCUT2D eigenvalue weighted by Crippen LogP contribution is 2.19. The number of benzene rings is 2. The zero-order valence-corrected chi connectivity index (χ0v) is 15.4. The summed E-state index contributed by atoms with van der Waals surface area (Å²) >= 11 is 0. The van der Waals surface area contributed by atoms with Crippen LogP contribution in [-0.2, 0) is 15.5 Å². The Hall–Kier alpha value is -2.41. The van der Waals surface area contributed by atoms with Crippen LogP contribution >= 0.6 is 0 Å². The van der Waals surface area contributed by atoms with E-state index in [0.29, 0.717) is 13.2 Å². The zero-order chi connectivity index (χ0) is 17.9. The molecule has 0 N–H and O–H groups in total. The highest BCUT2D eigenvalue weighted by Gasteiger charge is 2.08. The van der Waals surface area contributed by atoms with E-state index in [4.69, 9.17) is 4.74 Å². The van der Waals surface area contributed by atoms with Crippen molar-refractivity contribution in [2.24, 2.45) is 0 Å². The van der Waals surface area contributed by atoms with Gasteiger partial charge in [0, 0.05) is 9.80 Å². The van der Waals surface area contributed by atoms with Crippen LogP contribution in [-0.4, -0.2) is 17.4 Å². The van der Waals surface area contributed by atoms with E-state index < -0.39 is 10.8 Å². The normalized spacial score (nSPS) is 12.6. The van der Waals surface area contributed by atoms with Crippen molar-refractivity contribution in [3.05, 3.63) is 82.8 Å². The molecule has 0 saturated heterocycles. The Morgan fingerprint density at radius 1 is 1.12 bits per heavy atom. The maximum absolute atomic E-state index is 13.0. The minimum absolute atomic E-state index is 0.402. The van der Waals surface area contributed by atoms with Gasteiger partial charge in [0.1, 0.15) is 6.61 Å². The number of hydrogen-bond donors (Lipinski definition) is 0. The SMILES string of the molecule is CC#CCOC/C=C/C(=C/c1ccccc1)S(=O)c1ccc(C)cc1. The summed E-state index contributed by atoms with van der Waals surface area (Å²) in [5.74, 6) is 5.63. The number of allylic oxidation sites excluding steroid dienone is 1. The molecule has 0 aliphatic rings. The predicted octanol–water partition coefficient (Wildman–Crippen LogP) is 4.74. The van der Waals surface area contributed by atoms with Gasteiger partial charge in [-0.3, -0.25) is 0 Å². The van der Waals surface area contributed by atoms with Crippen molar-refractivity contribution < 1.29 is 8.95 Å². The molecule has 0 radical (unpaired) electrons. The molecule has 0 spiro atoms. The van der Waals surface area contributed by atoms with E-state index in [1.165, 1.54) is 0 Å². The van der Waals surface area contributed by atoms with Gasteiger partial charge in [0.25, 0.3) is 0 Å². The molecular formula is C22H22O2S. The van der Waals surface area contributed by atoms with Crippen LogP contribution in [0, 0.1) is 18.8 Å². The van der Waals surface area contributed by atoms with Gasteiger partial charge in [0.2, 0.25) is 0 Å². The molecule has 2 aromatic carbocycles. The van der Waals surface area contributed by atoms with Crippen LogP contribution in [0.5, 0.6) is 0 Å². The van der Waals surface area contributed by atoms with Crippen molar-refractivity contribution in [2.45, 2.75) is 18.7 Å². The first-order chi connectivity index (χ1) is 12.2. The Labute approximate surface area is 152 Å². The van der Waals surface area contributed by atoms with Gasteiger partial charge in [0.15, 0.2) is 0 Å². The van der Waals surface area contributed by atoms with Gasteiger partial charge in [-0.25, -0.2) is 4.21 Å². The highest BCUT2D eigenvalue weighted by atomic mass is 32.2. The molecule has 1 atom stereocenters. The van der Waals surface area contributed by atoms with Crippen LogP contribution < -0.4 is 0 Å². The first kappa shape index (κ1) is 18.9. The summed E-state index contributed by atoms with van der Waals surface area (Å²) in [6.07, 6.45) is 5.68.